The maximum atomic E-state index is 12.7. The van der Waals surface area contributed by atoms with Gasteiger partial charge >= 0.3 is 0 Å². The van der Waals surface area contributed by atoms with E-state index in [-0.39, 0.29) is 23.1 Å². The van der Waals surface area contributed by atoms with Crippen LogP contribution in [-0.4, -0.2) is 60.4 Å². The molecule has 5 nitrogen and oxygen atoms in total. The van der Waals surface area contributed by atoms with Crippen molar-refractivity contribution in [2.45, 2.75) is 58.9 Å². The highest BCUT2D eigenvalue weighted by molar-refractivity contribution is 5.81. The molecule has 3 rings (SSSR count). The van der Waals surface area contributed by atoms with Crippen molar-refractivity contribution in [1.29, 1.82) is 0 Å². The first kappa shape index (κ1) is 21.8. The fraction of sp³-hybridized carbons (Fsp3) is 0.667. The molecule has 1 atom stereocenters. The normalized spacial score (nSPS) is 21.8. The first-order valence-electron chi connectivity index (χ1n) is 11.2. The number of hydrogen-bond donors (Lipinski definition) is 1. The fourth-order valence-corrected chi connectivity index (χ4v) is 4.58. The number of hydrogen-bond acceptors (Lipinski definition) is 3. The molecule has 1 N–H and O–H groups in total. The zero-order valence-electron chi connectivity index (χ0n) is 18.3. The van der Waals surface area contributed by atoms with E-state index in [4.69, 9.17) is 0 Å². The summed E-state index contributed by atoms with van der Waals surface area (Å²) >= 11 is 0. The highest BCUT2D eigenvalue weighted by Gasteiger charge is 2.34. The zero-order valence-corrected chi connectivity index (χ0v) is 18.3. The summed E-state index contributed by atoms with van der Waals surface area (Å²) in [6.07, 6.45) is 4.98. The third kappa shape index (κ3) is 6.05. The average Bonchev–Trinajstić information content (AvgIpc) is 2.73. The van der Waals surface area contributed by atoms with Crippen molar-refractivity contribution < 1.29 is 9.59 Å². The minimum absolute atomic E-state index is 0.0914. The van der Waals surface area contributed by atoms with Crippen LogP contribution in [0.2, 0.25) is 0 Å². The molecular formula is C24H37N3O2. The molecule has 1 aromatic carbocycles. The Balaban J connectivity index is 1.43. The van der Waals surface area contributed by atoms with Gasteiger partial charge in [0.25, 0.3) is 0 Å². The number of benzene rings is 1. The Hall–Kier alpha value is -1.88. The van der Waals surface area contributed by atoms with Crippen LogP contribution in [0.15, 0.2) is 30.3 Å². The zero-order chi connectivity index (χ0) is 20.9. The van der Waals surface area contributed by atoms with Crippen LogP contribution in [0, 0.1) is 11.3 Å². The fourth-order valence-electron chi connectivity index (χ4n) is 4.58. The largest absolute Gasteiger partial charge is 0.355 e. The molecule has 0 aliphatic carbocycles. The van der Waals surface area contributed by atoms with Crippen molar-refractivity contribution in [3.8, 4) is 0 Å². The first-order chi connectivity index (χ1) is 13.8. The second kappa shape index (κ2) is 9.75. The summed E-state index contributed by atoms with van der Waals surface area (Å²) in [5, 5.41) is 3.14. The highest BCUT2D eigenvalue weighted by atomic mass is 16.2. The van der Waals surface area contributed by atoms with Crippen molar-refractivity contribution in [1.82, 2.24) is 15.1 Å². The lowest BCUT2D eigenvalue weighted by Crippen LogP contribution is -2.52. The Morgan fingerprint density at radius 3 is 2.38 bits per heavy atom. The molecular weight excluding hydrogens is 362 g/mol. The second-order valence-corrected chi connectivity index (χ2v) is 9.63. The molecule has 0 unspecified atom stereocenters. The van der Waals surface area contributed by atoms with Crippen molar-refractivity contribution in [3.05, 3.63) is 35.9 Å². The molecule has 2 aliphatic heterocycles. The van der Waals surface area contributed by atoms with Crippen LogP contribution in [0.25, 0.3) is 0 Å². The maximum Gasteiger partial charge on any atom is 0.227 e. The summed E-state index contributed by atoms with van der Waals surface area (Å²) in [5.41, 5.74) is 0.954. The van der Waals surface area contributed by atoms with Crippen LogP contribution in [0.5, 0.6) is 0 Å². The minimum atomic E-state index is -0.305. The van der Waals surface area contributed by atoms with E-state index in [1.54, 1.807) is 0 Å². The number of amides is 2. The predicted molar refractivity (Wildman–Crippen MR) is 117 cm³/mol. The first-order valence-corrected chi connectivity index (χ1v) is 11.2. The molecule has 1 aromatic rings. The third-order valence-electron chi connectivity index (χ3n) is 6.29. The Kier molecular flexibility index (Phi) is 7.33. The number of nitrogens with one attached hydrogen (secondary N) is 1. The molecule has 0 spiro atoms. The quantitative estimate of drug-likeness (QED) is 0.828. The molecule has 2 fully saturated rings. The molecule has 160 valence electrons. The summed E-state index contributed by atoms with van der Waals surface area (Å²) in [5.74, 6) is 0.546. The van der Waals surface area contributed by atoms with Gasteiger partial charge in [0.2, 0.25) is 11.8 Å². The summed E-state index contributed by atoms with van der Waals surface area (Å²) < 4.78 is 0. The van der Waals surface area contributed by atoms with Gasteiger partial charge in [-0.15, -0.1) is 0 Å². The Morgan fingerprint density at radius 2 is 1.72 bits per heavy atom. The Labute approximate surface area is 175 Å². The molecule has 0 aromatic heterocycles. The minimum Gasteiger partial charge on any atom is -0.355 e. The van der Waals surface area contributed by atoms with Gasteiger partial charge in [-0.25, -0.2) is 0 Å². The topological polar surface area (TPSA) is 52.7 Å². The van der Waals surface area contributed by atoms with Crippen LogP contribution < -0.4 is 5.32 Å². The summed E-state index contributed by atoms with van der Waals surface area (Å²) in [6.45, 7) is 10.3. The van der Waals surface area contributed by atoms with Crippen molar-refractivity contribution in [2.24, 2.45) is 11.3 Å². The van der Waals surface area contributed by atoms with Crippen molar-refractivity contribution in [2.75, 3.05) is 32.7 Å². The highest BCUT2D eigenvalue weighted by Crippen LogP contribution is 2.26. The van der Waals surface area contributed by atoms with E-state index in [2.05, 4.69) is 22.3 Å². The van der Waals surface area contributed by atoms with Gasteiger partial charge in [0, 0.05) is 37.6 Å². The molecule has 5 heteroatoms. The predicted octanol–water partition coefficient (Wildman–Crippen LogP) is 3.09. The number of likely N-dealkylation sites (tertiary alicyclic amines) is 2. The van der Waals surface area contributed by atoms with Crippen LogP contribution in [0.1, 0.15) is 52.0 Å². The molecule has 2 saturated heterocycles. The summed E-state index contributed by atoms with van der Waals surface area (Å²) in [4.78, 5) is 29.7. The van der Waals surface area contributed by atoms with Gasteiger partial charge in [-0.3, -0.25) is 14.5 Å². The number of rotatable bonds is 5. The second-order valence-electron chi connectivity index (χ2n) is 9.63. The van der Waals surface area contributed by atoms with Gasteiger partial charge in [0.1, 0.15) is 0 Å². The van der Waals surface area contributed by atoms with E-state index in [0.717, 1.165) is 58.3 Å². The van der Waals surface area contributed by atoms with E-state index < -0.39 is 0 Å². The van der Waals surface area contributed by atoms with Gasteiger partial charge in [-0.2, -0.15) is 0 Å². The van der Waals surface area contributed by atoms with Gasteiger partial charge < -0.3 is 10.2 Å². The number of carbonyl (C=O) groups excluding carboxylic acids is 2. The van der Waals surface area contributed by atoms with Gasteiger partial charge in [0.05, 0.1) is 5.92 Å². The summed E-state index contributed by atoms with van der Waals surface area (Å²) in [7, 11) is 0. The number of carbonyl (C=O) groups is 2. The van der Waals surface area contributed by atoms with Crippen LogP contribution in [-0.2, 0) is 16.0 Å². The molecule has 0 saturated carbocycles. The monoisotopic (exact) mass is 399 g/mol. The van der Waals surface area contributed by atoms with Gasteiger partial charge in [0.15, 0.2) is 0 Å². The van der Waals surface area contributed by atoms with E-state index in [1.165, 1.54) is 5.56 Å². The molecule has 2 heterocycles. The number of piperidine rings is 2. The molecule has 0 bridgehead atoms. The lowest BCUT2D eigenvalue weighted by atomic mass is 9.91. The van der Waals surface area contributed by atoms with E-state index in [9.17, 15) is 9.59 Å². The van der Waals surface area contributed by atoms with Gasteiger partial charge in [-0.1, -0.05) is 51.1 Å². The number of nitrogens with zero attached hydrogens (tertiary/aromatic N) is 2. The Bertz CT molecular complexity index is 675. The van der Waals surface area contributed by atoms with Gasteiger partial charge in [-0.05, 0) is 44.2 Å². The Morgan fingerprint density at radius 1 is 1.03 bits per heavy atom. The van der Waals surface area contributed by atoms with Crippen molar-refractivity contribution >= 4 is 11.8 Å². The van der Waals surface area contributed by atoms with E-state index >= 15 is 0 Å². The molecule has 0 radical (unpaired) electrons. The lowest BCUT2D eigenvalue weighted by Gasteiger charge is -2.43. The lowest BCUT2D eigenvalue weighted by molar-refractivity contribution is -0.141. The third-order valence-corrected chi connectivity index (χ3v) is 6.29. The maximum absolute atomic E-state index is 12.7. The average molecular weight is 400 g/mol. The molecule has 2 amide bonds. The van der Waals surface area contributed by atoms with Crippen LogP contribution >= 0.6 is 0 Å². The van der Waals surface area contributed by atoms with Crippen molar-refractivity contribution in [3.63, 3.8) is 0 Å². The van der Waals surface area contributed by atoms with Crippen LogP contribution in [0.4, 0.5) is 0 Å². The smallest absolute Gasteiger partial charge is 0.227 e. The van der Waals surface area contributed by atoms with E-state index in [0.29, 0.717) is 12.6 Å². The standard InChI is InChI=1S/C24H37N3O2/c1-24(2,3)23(29)26-16-12-21(13-17-26)27-15-7-10-20(18-27)22(28)25-14-11-19-8-5-4-6-9-19/h4-6,8-9,20-21H,7,10-18H2,1-3H3,(H,25,28)/t20-/m1/s1. The molecule has 2 aliphatic rings. The van der Waals surface area contributed by atoms with Crippen LogP contribution in [0.3, 0.4) is 0 Å². The molecule has 29 heavy (non-hydrogen) atoms. The summed E-state index contributed by atoms with van der Waals surface area (Å²) in [6, 6.07) is 10.8. The SMILES string of the molecule is CC(C)(C)C(=O)N1CCC(N2CCC[C@@H](C(=O)NCCc3ccccc3)C2)CC1. The van der Waals surface area contributed by atoms with E-state index in [1.807, 2.05) is 43.9 Å².